The van der Waals surface area contributed by atoms with E-state index in [0.717, 1.165) is 31.9 Å². The number of hydrogen-bond donors (Lipinski definition) is 1. The van der Waals surface area contributed by atoms with E-state index in [4.69, 9.17) is 0 Å². The predicted octanol–water partition coefficient (Wildman–Crippen LogP) is 3.08. The van der Waals surface area contributed by atoms with E-state index in [0.29, 0.717) is 6.42 Å². The van der Waals surface area contributed by atoms with Gasteiger partial charge in [-0.1, -0.05) is 19.9 Å². The number of piperazine rings is 1. The minimum Gasteiger partial charge on any atom is -0.369 e. The van der Waals surface area contributed by atoms with Crippen LogP contribution in [-0.4, -0.2) is 37.3 Å². The Morgan fingerprint density at radius 2 is 1.78 bits per heavy atom. The van der Waals surface area contributed by atoms with Crippen LogP contribution in [0.5, 0.6) is 0 Å². The third kappa shape index (κ3) is 4.05. The Bertz CT molecular complexity index is 313. The van der Waals surface area contributed by atoms with Crippen LogP contribution < -0.4 is 5.32 Å². The summed E-state index contributed by atoms with van der Waals surface area (Å²) in [6.07, 6.45) is -0.368. The van der Waals surface area contributed by atoms with Gasteiger partial charge in [-0.15, -0.1) is 0 Å². The van der Waals surface area contributed by atoms with Crippen molar-refractivity contribution in [3.05, 3.63) is 23.4 Å². The summed E-state index contributed by atoms with van der Waals surface area (Å²) >= 11 is 0. The van der Waals surface area contributed by atoms with Crippen molar-refractivity contribution < 1.29 is 13.2 Å². The predicted molar refractivity (Wildman–Crippen MR) is 67.2 cm³/mol. The van der Waals surface area contributed by atoms with E-state index >= 15 is 0 Å². The third-order valence-electron chi connectivity index (χ3n) is 2.94. The van der Waals surface area contributed by atoms with Crippen molar-refractivity contribution >= 4 is 0 Å². The maximum absolute atomic E-state index is 12.6. The van der Waals surface area contributed by atoms with Gasteiger partial charge in [0, 0.05) is 37.4 Å². The minimum atomic E-state index is -4.17. The molecule has 0 aromatic heterocycles. The first-order valence-corrected chi connectivity index (χ1v) is 6.51. The van der Waals surface area contributed by atoms with Gasteiger partial charge in [-0.2, -0.15) is 13.2 Å². The van der Waals surface area contributed by atoms with Crippen LogP contribution in [0, 0.1) is 0 Å². The highest BCUT2D eigenvalue weighted by molar-refractivity contribution is 5.29. The molecule has 0 amide bonds. The van der Waals surface area contributed by atoms with E-state index in [1.54, 1.807) is 0 Å². The molecule has 1 aliphatic heterocycles. The van der Waals surface area contributed by atoms with E-state index in [1.807, 2.05) is 24.8 Å². The molecular formula is C13H21F3N2. The van der Waals surface area contributed by atoms with Crippen molar-refractivity contribution in [2.75, 3.05) is 26.2 Å². The fraction of sp³-hybridized carbons (Fsp3) is 0.692. The van der Waals surface area contributed by atoms with E-state index in [1.165, 1.54) is 6.08 Å². The summed E-state index contributed by atoms with van der Waals surface area (Å²) in [6, 6.07) is 0. The van der Waals surface area contributed by atoms with Crippen LogP contribution in [0.25, 0.3) is 0 Å². The van der Waals surface area contributed by atoms with Crippen LogP contribution in [-0.2, 0) is 0 Å². The Labute approximate surface area is 107 Å². The molecule has 0 radical (unpaired) electrons. The van der Waals surface area contributed by atoms with Crippen molar-refractivity contribution in [2.24, 2.45) is 0 Å². The smallest absolute Gasteiger partial charge is 0.369 e. The first-order chi connectivity index (χ1) is 8.57. The molecule has 1 saturated heterocycles. The molecular weight excluding hydrogens is 241 g/mol. The molecule has 2 nitrogen and oxygen atoms in total. The molecule has 1 heterocycles. The molecule has 0 atom stereocenters. The number of alkyl halides is 3. The molecule has 0 saturated carbocycles. The maximum atomic E-state index is 12.6. The summed E-state index contributed by atoms with van der Waals surface area (Å²) < 4.78 is 37.7. The van der Waals surface area contributed by atoms with Crippen molar-refractivity contribution in [2.45, 2.75) is 32.9 Å². The summed E-state index contributed by atoms with van der Waals surface area (Å²) in [5, 5.41) is 3.18. The lowest BCUT2D eigenvalue weighted by Crippen LogP contribution is -2.42. The lowest BCUT2D eigenvalue weighted by Gasteiger charge is -2.32. The molecule has 5 heteroatoms. The first kappa shape index (κ1) is 15.1. The molecule has 0 unspecified atom stereocenters. The highest BCUT2D eigenvalue weighted by Gasteiger charge is 2.34. The van der Waals surface area contributed by atoms with E-state index in [-0.39, 0.29) is 6.42 Å². The van der Waals surface area contributed by atoms with E-state index in [9.17, 15) is 13.2 Å². The molecule has 2 aliphatic rings. The Hall–Kier alpha value is -0.970. The molecule has 0 bridgehead atoms. The van der Waals surface area contributed by atoms with Crippen molar-refractivity contribution in [1.29, 1.82) is 0 Å². The average Bonchev–Trinajstić information content (AvgIpc) is 2.41. The average molecular weight is 262 g/mol. The topological polar surface area (TPSA) is 15.3 Å². The van der Waals surface area contributed by atoms with Crippen LogP contribution in [0.3, 0.4) is 0 Å². The molecule has 0 aromatic rings. The minimum absolute atomic E-state index is 0.110. The molecule has 18 heavy (non-hydrogen) atoms. The molecule has 0 spiro atoms. The van der Waals surface area contributed by atoms with Gasteiger partial charge in [-0.25, -0.2) is 0 Å². The highest BCUT2D eigenvalue weighted by Crippen LogP contribution is 2.33. The molecule has 104 valence electrons. The van der Waals surface area contributed by atoms with Gasteiger partial charge < -0.3 is 10.2 Å². The third-order valence-corrected chi connectivity index (χ3v) is 2.94. The molecule has 1 fully saturated rings. The van der Waals surface area contributed by atoms with Gasteiger partial charge in [0.15, 0.2) is 0 Å². The van der Waals surface area contributed by atoms with Crippen molar-refractivity contribution in [1.82, 2.24) is 10.2 Å². The highest BCUT2D eigenvalue weighted by atomic mass is 19.4. The zero-order valence-corrected chi connectivity index (χ0v) is 11.0. The normalized spacial score (nSPS) is 20.6. The standard InChI is InChI=1S/C11H15F3N2.C2H6/c12-11(13,14)9-2-1-3-10(8-9)16-6-4-15-5-7-16;1-2/h3,8,15H,1-2,4-7H2;1-2H3. The van der Waals surface area contributed by atoms with Gasteiger partial charge >= 0.3 is 6.18 Å². The number of halogens is 3. The van der Waals surface area contributed by atoms with Crippen LogP contribution in [0.1, 0.15) is 26.7 Å². The Balaban J connectivity index is 0.000000771. The molecule has 0 aromatic carbocycles. The second-order valence-corrected chi connectivity index (χ2v) is 4.07. The van der Waals surface area contributed by atoms with E-state index in [2.05, 4.69) is 5.32 Å². The molecule has 2 rings (SSSR count). The molecule has 1 N–H and O–H groups in total. The summed E-state index contributed by atoms with van der Waals surface area (Å²) in [5.74, 6) is 0. The van der Waals surface area contributed by atoms with Crippen molar-refractivity contribution in [3.8, 4) is 0 Å². The summed E-state index contributed by atoms with van der Waals surface area (Å²) in [4.78, 5) is 2.02. The second kappa shape index (κ2) is 6.83. The van der Waals surface area contributed by atoms with E-state index < -0.39 is 11.7 Å². The van der Waals surface area contributed by atoms with Crippen LogP contribution in [0.2, 0.25) is 0 Å². The van der Waals surface area contributed by atoms with Gasteiger partial charge in [-0.05, 0) is 18.9 Å². The number of allylic oxidation sites excluding steroid dienone is 3. The zero-order chi connectivity index (χ0) is 13.6. The van der Waals surface area contributed by atoms with Crippen LogP contribution in [0.15, 0.2) is 23.4 Å². The fourth-order valence-corrected chi connectivity index (χ4v) is 2.05. The van der Waals surface area contributed by atoms with Gasteiger partial charge in [-0.3, -0.25) is 0 Å². The maximum Gasteiger partial charge on any atom is 0.412 e. The van der Waals surface area contributed by atoms with Gasteiger partial charge in [0.25, 0.3) is 0 Å². The van der Waals surface area contributed by atoms with Gasteiger partial charge in [0.1, 0.15) is 0 Å². The summed E-state index contributed by atoms with van der Waals surface area (Å²) in [7, 11) is 0. The number of nitrogens with one attached hydrogen (secondary N) is 1. The van der Waals surface area contributed by atoms with Crippen molar-refractivity contribution in [3.63, 3.8) is 0 Å². The first-order valence-electron chi connectivity index (χ1n) is 6.51. The van der Waals surface area contributed by atoms with Crippen LogP contribution >= 0.6 is 0 Å². The summed E-state index contributed by atoms with van der Waals surface area (Å²) in [6.45, 7) is 7.25. The monoisotopic (exact) mass is 262 g/mol. The lowest BCUT2D eigenvalue weighted by molar-refractivity contribution is -0.0942. The number of rotatable bonds is 1. The largest absolute Gasteiger partial charge is 0.412 e. The molecule has 1 aliphatic carbocycles. The summed E-state index contributed by atoms with van der Waals surface area (Å²) in [5.41, 5.74) is 0.337. The number of hydrogen-bond acceptors (Lipinski definition) is 2. The quantitative estimate of drug-likeness (QED) is 0.781. The second-order valence-electron chi connectivity index (χ2n) is 4.07. The lowest BCUT2D eigenvalue weighted by atomic mass is 10.0. The van der Waals surface area contributed by atoms with Crippen LogP contribution in [0.4, 0.5) is 13.2 Å². The SMILES string of the molecule is CC.FC(F)(F)C1=CC(N2CCNCC2)=CCC1. The Morgan fingerprint density at radius 3 is 2.33 bits per heavy atom. The van der Waals surface area contributed by atoms with Gasteiger partial charge in [0.2, 0.25) is 0 Å². The number of nitrogens with zero attached hydrogens (tertiary/aromatic N) is 1. The van der Waals surface area contributed by atoms with Gasteiger partial charge in [0.05, 0.1) is 0 Å². The zero-order valence-electron chi connectivity index (χ0n) is 11.0. The fourth-order valence-electron chi connectivity index (χ4n) is 2.05. The Kier molecular flexibility index (Phi) is 5.72. The Morgan fingerprint density at radius 1 is 1.17 bits per heavy atom.